The van der Waals surface area contributed by atoms with Gasteiger partial charge in [-0.15, -0.1) is 0 Å². The zero-order chi connectivity index (χ0) is 18.7. The van der Waals surface area contributed by atoms with Gasteiger partial charge in [-0.1, -0.05) is 22.9 Å². The van der Waals surface area contributed by atoms with E-state index in [0.29, 0.717) is 22.9 Å². The molecule has 4 heteroatoms. The van der Waals surface area contributed by atoms with Gasteiger partial charge in [-0.2, -0.15) is 0 Å². The topological polar surface area (TPSA) is 46.5 Å². The zero-order valence-electron chi connectivity index (χ0n) is 16.5. The van der Waals surface area contributed by atoms with Gasteiger partial charge < -0.3 is 9.84 Å². The molecule has 0 amide bonds. The lowest BCUT2D eigenvalue weighted by atomic mass is 9.48. The maximum atomic E-state index is 12.7. The monoisotopic (exact) mass is 426 g/mol. The highest BCUT2D eigenvalue weighted by Crippen LogP contribution is 2.65. The molecule has 0 aliphatic heterocycles. The normalized spacial score (nSPS) is 53.5. The third kappa shape index (κ3) is 2.85. The molecule has 4 fully saturated rings. The van der Waals surface area contributed by atoms with Crippen molar-refractivity contribution in [1.29, 1.82) is 0 Å². The Morgan fingerprint density at radius 2 is 1.88 bits per heavy atom. The Bertz CT molecular complexity index is 562. The molecule has 1 unspecified atom stereocenters. The van der Waals surface area contributed by atoms with E-state index in [2.05, 4.69) is 22.9 Å². The highest BCUT2D eigenvalue weighted by molar-refractivity contribution is 9.09. The fourth-order valence-electron chi connectivity index (χ4n) is 8.02. The van der Waals surface area contributed by atoms with Gasteiger partial charge in [0.2, 0.25) is 0 Å². The molecule has 4 aliphatic rings. The summed E-state index contributed by atoms with van der Waals surface area (Å²) in [5.41, 5.74) is -0.452. The molecule has 0 spiro atoms. The van der Waals surface area contributed by atoms with Crippen LogP contribution in [0.5, 0.6) is 0 Å². The molecule has 0 radical (unpaired) electrons. The predicted molar refractivity (Wildman–Crippen MR) is 106 cm³/mol. The van der Waals surface area contributed by atoms with Crippen LogP contribution in [0, 0.1) is 40.9 Å². The number of hydrogen-bond donors (Lipinski definition) is 1. The third-order valence-corrected chi connectivity index (χ3v) is 9.66. The van der Waals surface area contributed by atoms with Gasteiger partial charge in [0.1, 0.15) is 5.78 Å². The minimum atomic E-state index is -0.460. The maximum absolute atomic E-state index is 12.7. The second-order valence-corrected chi connectivity index (χ2v) is 10.8. The third-order valence-electron chi connectivity index (χ3n) is 9.11. The van der Waals surface area contributed by atoms with Crippen LogP contribution in [0.2, 0.25) is 0 Å². The SMILES string of the molecule is CO[C@@H]1C[C@@H]2[C@H]3CC[C@@](C)(O)C[C@H]3CC[C@H]2C2CC[C@H](C(=O)CBr)[C@]21C. The largest absolute Gasteiger partial charge is 0.390 e. The number of hydrogen-bond acceptors (Lipinski definition) is 3. The summed E-state index contributed by atoms with van der Waals surface area (Å²) in [4.78, 5) is 12.7. The van der Waals surface area contributed by atoms with E-state index in [4.69, 9.17) is 4.74 Å². The number of ketones is 1. The minimum absolute atomic E-state index is 0.00770. The zero-order valence-corrected chi connectivity index (χ0v) is 18.1. The Morgan fingerprint density at radius 3 is 2.58 bits per heavy atom. The lowest BCUT2D eigenvalue weighted by Crippen LogP contribution is -2.57. The number of alkyl halides is 1. The molecule has 26 heavy (non-hydrogen) atoms. The van der Waals surface area contributed by atoms with Crippen molar-refractivity contribution < 1.29 is 14.6 Å². The Kier molecular flexibility index (Phi) is 5.10. The summed E-state index contributed by atoms with van der Waals surface area (Å²) in [7, 11) is 1.85. The number of fused-ring (bicyclic) bond motifs is 5. The quantitative estimate of drug-likeness (QED) is 0.670. The molecular weight excluding hydrogens is 392 g/mol. The fraction of sp³-hybridized carbons (Fsp3) is 0.955. The number of aliphatic hydroxyl groups is 1. The summed E-state index contributed by atoms with van der Waals surface area (Å²) in [5, 5.41) is 11.0. The molecule has 0 bridgehead atoms. The van der Waals surface area contributed by atoms with Crippen molar-refractivity contribution in [1.82, 2.24) is 0 Å². The van der Waals surface area contributed by atoms with E-state index in [1.54, 1.807) is 0 Å². The van der Waals surface area contributed by atoms with Crippen LogP contribution in [-0.2, 0) is 9.53 Å². The number of carbonyl (C=O) groups excluding carboxylic acids is 1. The maximum Gasteiger partial charge on any atom is 0.147 e. The lowest BCUT2D eigenvalue weighted by molar-refractivity contribution is -0.164. The molecule has 4 rings (SSSR count). The van der Waals surface area contributed by atoms with Crippen molar-refractivity contribution in [2.45, 2.75) is 76.9 Å². The van der Waals surface area contributed by atoms with Crippen LogP contribution in [0.1, 0.15) is 65.2 Å². The molecule has 0 saturated heterocycles. The van der Waals surface area contributed by atoms with E-state index in [1.807, 2.05) is 14.0 Å². The number of Topliss-reactive ketones (excluding diaryl/α,β-unsaturated/α-hetero) is 1. The van der Waals surface area contributed by atoms with E-state index in [0.717, 1.165) is 43.4 Å². The van der Waals surface area contributed by atoms with Crippen LogP contribution in [0.3, 0.4) is 0 Å². The number of carbonyl (C=O) groups is 1. The summed E-state index contributed by atoms with van der Waals surface area (Å²) < 4.78 is 6.09. The smallest absolute Gasteiger partial charge is 0.147 e. The summed E-state index contributed by atoms with van der Waals surface area (Å²) in [5.74, 6) is 4.07. The lowest BCUT2D eigenvalue weighted by Gasteiger charge is -2.59. The van der Waals surface area contributed by atoms with Crippen molar-refractivity contribution in [2.24, 2.45) is 40.9 Å². The highest BCUT2D eigenvalue weighted by atomic mass is 79.9. The van der Waals surface area contributed by atoms with Crippen LogP contribution in [0.25, 0.3) is 0 Å². The van der Waals surface area contributed by atoms with Crippen molar-refractivity contribution >= 4 is 21.7 Å². The Labute approximate surface area is 166 Å². The van der Waals surface area contributed by atoms with Crippen LogP contribution in [0.4, 0.5) is 0 Å². The number of rotatable bonds is 3. The summed E-state index contributed by atoms with van der Waals surface area (Å²) in [6.45, 7) is 4.39. The Morgan fingerprint density at radius 1 is 1.12 bits per heavy atom. The molecule has 0 aromatic carbocycles. The van der Waals surface area contributed by atoms with E-state index in [1.165, 1.54) is 25.7 Å². The van der Waals surface area contributed by atoms with E-state index in [-0.39, 0.29) is 17.4 Å². The highest BCUT2D eigenvalue weighted by Gasteiger charge is 2.62. The Balaban J connectivity index is 1.62. The summed E-state index contributed by atoms with van der Waals surface area (Å²) >= 11 is 3.42. The van der Waals surface area contributed by atoms with Crippen LogP contribution in [0.15, 0.2) is 0 Å². The van der Waals surface area contributed by atoms with Crippen LogP contribution in [-0.4, -0.2) is 35.0 Å². The van der Waals surface area contributed by atoms with Gasteiger partial charge in [0.05, 0.1) is 17.0 Å². The molecule has 0 aromatic rings. The van der Waals surface area contributed by atoms with E-state index in [9.17, 15) is 9.90 Å². The van der Waals surface area contributed by atoms with Gasteiger partial charge in [0.25, 0.3) is 0 Å². The summed E-state index contributed by atoms with van der Waals surface area (Å²) in [6.07, 6.45) is 9.19. The molecule has 148 valence electrons. The predicted octanol–water partition coefficient (Wildman–Crippen LogP) is 4.60. The molecule has 4 aliphatic carbocycles. The summed E-state index contributed by atoms with van der Waals surface area (Å²) in [6, 6.07) is 0. The average Bonchev–Trinajstić information content (AvgIpc) is 2.97. The van der Waals surface area contributed by atoms with Gasteiger partial charge in [0.15, 0.2) is 0 Å². The molecule has 1 N–H and O–H groups in total. The second-order valence-electron chi connectivity index (χ2n) is 10.2. The van der Waals surface area contributed by atoms with Crippen molar-refractivity contribution in [3.8, 4) is 0 Å². The van der Waals surface area contributed by atoms with Crippen LogP contribution < -0.4 is 0 Å². The van der Waals surface area contributed by atoms with Gasteiger partial charge in [-0.3, -0.25) is 4.79 Å². The standard InChI is InChI=1S/C22H35BrO3/c1-21(25)9-8-14-13(11-21)4-5-15-16(14)10-20(26-3)22(2)17(15)6-7-18(22)19(24)12-23/h13-18,20,25H,4-12H2,1-3H3/t13-,14+,15-,16-,17?,18-,20-,21-,22+/m1/s1. The first-order valence-electron chi connectivity index (χ1n) is 10.7. The van der Waals surface area contributed by atoms with E-state index >= 15 is 0 Å². The van der Waals surface area contributed by atoms with Gasteiger partial charge >= 0.3 is 0 Å². The second kappa shape index (κ2) is 6.84. The molecule has 3 nitrogen and oxygen atoms in total. The number of halogens is 1. The number of methoxy groups -OCH3 is 1. The number of ether oxygens (including phenoxy) is 1. The first-order chi connectivity index (χ1) is 12.3. The molecule has 0 aromatic heterocycles. The first kappa shape index (κ1) is 19.4. The molecule has 0 heterocycles. The van der Waals surface area contributed by atoms with E-state index < -0.39 is 5.60 Å². The van der Waals surface area contributed by atoms with Crippen LogP contribution >= 0.6 is 15.9 Å². The molecule has 9 atom stereocenters. The van der Waals surface area contributed by atoms with Gasteiger partial charge in [-0.05, 0) is 87.9 Å². The fourth-order valence-corrected chi connectivity index (χ4v) is 8.41. The first-order valence-corrected chi connectivity index (χ1v) is 11.8. The van der Waals surface area contributed by atoms with Crippen molar-refractivity contribution in [2.75, 3.05) is 12.4 Å². The average molecular weight is 427 g/mol. The Hall–Kier alpha value is 0.0700. The molecular formula is C22H35BrO3. The van der Waals surface area contributed by atoms with Gasteiger partial charge in [0, 0.05) is 18.4 Å². The van der Waals surface area contributed by atoms with Gasteiger partial charge in [-0.25, -0.2) is 0 Å². The minimum Gasteiger partial charge on any atom is -0.390 e. The van der Waals surface area contributed by atoms with Crippen molar-refractivity contribution in [3.05, 3.63) is 0 Å². The van der Waals surface area contributed by atoms with Crippen molar-refractivity contribution in [3.63, 3.8) is 0 Å². The molecule has 4 saturated carbocycles.